The fourth-order valence-corrected chi connectivity index (χ4v) is 7.13. The molecule has 0 fully saturated rings. The fraction of sp³-hybridized carbons (Fsp3) is 0.0968. The Bertz CT molecular complexity index is 1930. The number of thioether (sulfide) groups is 1. The van der Waals surface area contributed by atoms with Crippen molar-refractivity contribution < 1.29 is 19.5 Å². The molecule has 2 amide bonds. The topological polar surface area (TPSA) is 108 Å². The minimum atomic E-state index is -1.49. The number of hydrogen-bond acceptors (Lipinski definition) is 6. The monoisotopic (exact) mass is 703 g/mol. The molecule has 1 heterocycles. The first-order valence-electron chi connectivity index (χ1n) is 13.0. The molecule has 0 spiro atoms. The fourth-order valence-electron chi connectivity index (χ4n) is 4.37. The summed E-state index contributed by atoms with van der Waals surface area (Å²) in [6.45, 7) is 1.90. The maximum atomic E-state index is 13.2. The number of rotatable bonds is 9. The molecular formula is C31H21Cl4N3O4S2. The summed E-state index contributed by atoms with van der Waals surface area (Å²) in [6.07, 6.45) is 0.523. The number of amides is 2. The van der Waals surface area contributed by atoms with E-state index in [0.717, 1.165) is 22.0 Å². The second-order valence-corrected chi connectivity index (χ2v) is 13.0. The predicted octanol–water partition coefficient (Wildman–Crippen LogP) is 10.0. The zero-order valence-electron chi connectivity index (χ0n) is 22.7. The molecule has 0 aliphatic rings. The van der Waals surface area contributed by atoms with Crippen LogP contribution in [0.5, 0.6) is 0 Å². The summed E-state index contributed by atoms with van der Waals surface area (Å²) >= 11 is 27.0. The van der Waals surface area contributed by atoms with E-state index in [1.807, 2.05) is 42.6 Å². The van der Waals surface area contributed by atoms with Crippen molar-refractivity contribution in [2.24, 2.45) is 0 Å². The Morgan fingerprint density at radius 3 is 2.27 bits per heavy atom. The summed E-state index contributed by atoms with van der Waals surface area (Å²) in [5.41, 5.74) is 1.08. The van der Waals surface area contributed by atoms with Gasteiger partial charge in [-0.3, -0.25) is 9.59 Å². The van der Waals surface area contributed by atoms with Gasteiger partial charge in [0.1, 0.15) is 0 Å². The van der Waals surface area contributed by atoms with Gasteiger partial charge in [-0.05, 0) is 41.5 Å². The van der Waals surface area contributed by atoms with E-state index < -0.39 is 33.3 Å². The van der Waals surface area contributed by atoms with Crippen LogP contribution in [0.2, 0.25) is 20.1 Å². The molecule has 0 radical (unpaired) electrons. The van der Waals surface area contributed by atoms with E-state index in [-0.39, 0.29) is 21.0 Å². The maximum Gasteiger partial charge on any atom is 0.338 e. The van der Waals surface area contributed by atoms with Crippen molar-refractivity contribution in [1.29, 1.82) is 0 Å². The van der Waals surface area contributed by atoms with Crippen molar-refractivity contribution in [2.75, 3.05) is 10.6 Å². The second kappa shape index (κ2) is 13.8. The van der Waals surface area contributed by atoms with Crippen LogP contribution in [0.4, 0.5) is 10.8 Å². The van der Waals surface area contributed by atoms with Crippen LogP contribution in [0.3, 0.4) is 0 Å². The first kappa shape index (κ1) is 32.1. The van der Waals surface area contributed by atoms with Crippen LogP contribution in [-0.2, 0) is 4.79 Å². The lowest BCUT2D eigenvalue weighted by Gasteiger charge is -2.16. The number of carbonyl (C=O) groups is 3. The molecule has 3 N–H and O–H groups in total. The summed E-state index contributed by atoms with van der Waals surface area (Å²) in [4.78, 5) is 43.5. The van der Waals surface area contributed by atoms with Gasteiger partial charge in [0, 0.05) is 21.5 Å². The quantitative estimate of drug-likeness (QED) is 0.0801. The molecule has 1 aromatic heterocycles. The van der Waals surface area contributed by atoms with E-state index in [1.54, 1.807) is 24.3 Å². The average Bonchev–Trinajstić information content (AvgIpc) is 3.48. The number of halogens is 4. The summed E-state index contributed by atoms with van der Waals surface area (Å²) in [5, 5.41) is 18.1. The lowest BCUT2D eigenvalue weighted by Crippen LogP contribution is -2.24. The molecule has 1 unspecified atom stereocenters. The minimum absolute atomic E-state index is 0.213. The van der Waals surface area contributed by atoms with Crippen LogP contribution in [0, 0.1) is 0 Å². The van der Waals surface area contributed by atoms with Crippen LogP contribution in [0.1, 0.15) is 34.1 Å². The summed E-state index contributed by atoms with van der Waals surface area (Å²) in [7, 11) is 0. The first-order chi connectivity index (χ1) is 21.1. The maximum absolute atomic E-state index is 13.2. The van der Waals surface area contributed by atoms with Gasteiger partial charge in [0.25, 0.3) is 5.91 Å². The molecule has 0 saturated heterocycles. The molecule has 0 bridgehead atoms. The molecule has 44 heavy (non-hydrogen) atoms. The molecule has 5 rings (SSSR count). The molecule has 5 aromatic rings. The normalized spacial score (nSPS) is 11.8. The van der Waals surface area contributed by atoms with Gasteiger partial charge in [-0.2, -0.15) is 0 Å². The molecule has 1 atom stereocenters. The van der Waals surface area contributed by atoms with E-state index in [0.29, 0.717) is 22.1 Å². The third kappa shape index (κ3) is 6.83. The van der Waals surface area contributed by atoms with Gasteiger partial charge in [0.2, 0.25) is 5.91 Å². The van der Waals surface area contributed by atoms with Crippen molar-refractivity contribution in [3.05, 3.63) is 103 Å². The van der Waals surface area contributed by atoms with E-state index >= 15 is 0 Å². The van der Waals surface area contributed by atoms with Crippen molar-refractivity contribution in [3.63, 3.8) is 0 Å². The number of fused-ring (bicyclic) bond motifs is 1. The van der Waals surface area contributed by atoms with Crippen LogP contribution < -0.4 is 10.6 Å². The highest BCUT2D eigenvalue weighted by Gasteiger charge is 2.29. The van der Waals surface area contributed by atoms with Crippen LogP contribution in [-0.4, -0.2) is 33.1 Å². The standard InChI is InChI=1S/C31H21Cl4N3O4S2/c1-2-21(28(39)38-31-37-20(14-43-31)17-11-10-15-6-3-4-7-16(15)12-17)44-19-9-5-8-18(13-19)36-29(40)22-23(30(41)42)25(33)27(35)26(34)24(22)32/h3-14,21H,2H2,1H3,(H,36,40)(H,41,42)(H,37,38,39). The molecule has 13 heteroatoms. The Hall–Kier alpha value is -3.31. The van der Waals surface area contributed by atoms with Gasteiger partial charge in [0.05, 0.1) is 42.2 Å². The number of nitrogens with one attached hydrogen (secondary N) is 2. The smallest absolute Gasteiger partial charge is 0.338 e. The highest BCUT2D eigenvalue weighted by molar-refractivity contribution is 8.00. The number of aromatic nitrogens is 1. The van der Waals surface area contributed by atoms with Gasteiger partial charge in [-0.1, -0.05) is 95.8 Å². The van der Waals surface area contributed by atoms with Crippen molar-refractivity contribution in [1.82, 2.24) is 4.98 Å². The summed E-state index contributed by atoms with van der Waals surface area (Å²) < 4.78 is 0. The number of carbonyl (C=O) groups excluding carboxylic acids is 2. The minimum Gasteiger partial charge on any atom is -0.478 e. The number of carboxylic acids is 1. The number of anilines is 2. The molecule has 4 aromatic carbocycles. The Balaban J connectivity index is 1.29. The van der Waals surface area contributed by atoms with Crippen molar-refractivity contribution in [2.45, 2.75) is 23.5 Å². The number of aromatic carboxylic acids is 1. The highest BCUT2D eigenvalue weighted by atomic mass is 35.5. The number of hydrogen-bond donors (Lipinski definition) is 3. The summed E-state index contributed by atoms with van der Waals surface area (Å²) in [5.74, 6) is -2.55. The highest BCUT2D eigenvalue weighted by Crippen LogP contribution is 2.42. The van der Waals surface area contributed by atoms with Crippen LogP contribution in [0.25, 0.3) is 22.0 Å². The van der Waals surface area contributed by atoms with Crippen LogP contribution in [0.15, 0.2) is 77.0 Å². The number of thiazole rings is 1. The molecule has 0 aliphatic carbocycles. The van der Waals surface area contributed by atoms with E-state index in [4.69, 9.17) is 46.4 Å². The van der Waals surface area contributed by atoms with Crippen LogP contribution >= 0.6 is 69.5 Å². The van der Waals surface area contributed by atoms with Gasteiger partial charge >= 0.3 is 5.97 Å². The number of nitrogens with zero attached hydrogens (tertiary/aromatic N) is 1. The predicted molar refractivity (Wildman–Crippen MR) is 181 cm³/mol. The lowest BCUT2D eigenvalue weighted by atomic mass is 10.1. The zero-order chi connectivity index (χ0) is 31.5. The van der Waals surface area contributed by atoms with Gasteiger partial charge in [0.15, 0.2) is 5.13 Å². The Morgan fingerprint density at radius 2 is 1.57 bits per heavy atom. The Labute approximate surface area is 280 Å². The molecule has 0 aliphatic heterocycles. The van der Waals surface area contributed by atoms with Crippen molar-refractivity contribution in [3.8, 4) is 11.3 Å². The first-order valence-corrected chi connectivity index (χ1v) is 16.3. The third-order valence-corrected chi connectivity index (χ3v) is 10.4. The van der Waals surface area contributed by atoms with Gasteiger partial charge < -0.3 is 15.7 Å². The van der Waals surface area contributed by atoms with Gasteiger partial charge in [-0.25, -0.2) is 9.78 Å². The largest absolute Gasteiger partial charge is 0.478 e. The zero-order valence-corrected chi connectivity index (χ0v) is 27.3. The molecule has 224 valence electrons. The second-order valence-electron chi connectivity index (χ2n) is 9.40. The summed E-state index contributed by atoms with van der Waals surface area (Å²) in [6, 6.07) is 21.0. The molecule has 7 nitrogen and oxygen atoms in total. The molecular weight excluding hydrogens is 684 g/mol. The van der Waals surface area contributed by atoms with E-state index in [9.17, 15) is 19.5 Å². The van der Waals surface area contributed by atoms with Crippen molar-refractivity contribution >= 4 is 109 Å². The average molecular weight is 705 g/mol. The number of benzene rings is 4. The third-order valence-electron chi connectivity index (χ3n) is 6.52. The van der Waals surface area contributed by atoms with E-state index in [2.05, 4.69) is 27.8 Å². The Morgan fingerprint density at radius 1 is 0.864 bits per heavy atom. The SMILES string of the molecule is CCC(Sc1cccc(NC(=O)c2c(Cl)c(Cl)c(Cl)c(Cl)c2C(=O)O)c1)C(=O)Nc1nc(-c2ccc3ccccc3c2)cs1. The Kier molecular flexibility index (Phi) is 10.0. The van der Waals surface area contributed by atoms with E-state index in [1.165, 1.54) is 23.1 Å². The lowest BCUT2D eigenvalue weighted by molar-refractivity contribution is -0.115. The number of carboxylic acid groups (broad SMARTS) is 1. The molecule has 0 saturated carbocycles. The van der Waals surface area contributed by atoms with Gasteiger partial charge in [-0.15, -0.1) is 23.1 Å².